The number of methoxy groups -OCH3 is 1. The fourth-order valence-corrected chi connectivity index (χ4v) is 2.10. The molecule has 2 aromatic carbocycles. The van der Waals surface area contributed by atoms with E-state index in [0.29, 0.717) is 41.4 Å². The Morgan fingerprint density at radius 3 is 2.40 bits per heavy atom. The van der Waals surface area contributed by atoms with E-state index in [2.05, 4.69) is 13.8 Å². The van der Waals surface area contributed by atoms with Crippen LogP contribution in [0.2, 0.25) is 0 Å². The number of ether oxygens (including phenoxy) is 3. The predicted octanol–water partition coefficient (Wildman–Crippen LogP) is 4.15. The van der Waals surface area contributed by atoms with E-state index < -0.39 is 5.97 Å². The lowest BCUT2D eigenvalue weighted by atomic mass is 10.1. The van der Waals surface area contributed by atoms with Crippen molar-refractivity contribution in [2.45, 2.75) is 20.3 Å². The number of hydrogen-bond acceptors (Lipinski definition) is 5. The van der Waals surface area contributed by atoms with Gasteiger partial charge in [0.15, 0.2) is 11.5 Å². The molecule has 0 fully saturated rings. The first kappa shape index (κ1) is 18.5. The maximum Gasteiger partial charge on any atom is 0.343 e. The van der Waals surface area contributed by atoms with Crippen LogP contribution in [0.15, 0.2) is 42.5 Å². The highest BCUT2D eigenvalue weighted by Gasteiger charge is 2.13. The quantitative estimate of drug-likeness (QED) is 0.410. The Hall–Kier alpha value is -2.82. The third-order valence-electron chi connectivity index (χ3n) is 3.58. The maximum atomic E-state index is 12.3. The van der Waals surface area contributed by atoms with Crippen molar-refractivity contribution in [3.05, 3.63) is 53.6 Å². The summed E-state index contributed by atoms with van der Waals surface area (Å²) in [6.45, 7) is 4.92. The van der Waals surface area contributed by atoms with Crippen LogP contribution in [0.4, 0.5) is 0 Å². The van der Waals surface area contributed by atoms with Gasteiger partial charge in [0, 0.05) is 5.56 Å². The predicted molar refractivity (Wildman–Crippen MR) is 94.7 cm³/mol. The molecule has 0 spiro atoms. The second-order valence-corrected chi connectivity index (χ2v) is 5.97. The molecule has 25 heavy (non-hydrogen) atoms. The van der Waals surface area contributed by atoms with Crippen molar-refractivity contribution in [2.24, 2.45) is 5.92 Å². The number of aldehydes is 1. The SMILES string of the molecule is COc1cc(C=O)ccc1OC(=O)c1ccc(OCCC(C)C)cc1. The zero-order valence-corrected chi connectivity index (χ0v) is 14.7. The molecule has 0 atom stereocenters. The summed E-state index contributed by atoms with van der Waals surface area (Å²) < 4.78 is 16.1. The van der Waals surface area contributed by atoms with Crippen molar-refractivity contribution in [1.82, 2.24) is 0 Å². The lowest BCUT2D eigenvalue weighted by Gasteiger charge is -2.10. The molecule has 0 unspecified atom stereocenters. The van der Waals surface area contributed by atoms with E-state index in [9.17, 15) is 9.59 Å². The van der Waals surface area contributed by atoms with E-state index in [1.165, 1.54) is 19.2 Å². The van der Waals surface area contributed by atoms with Crippen LogP contribution in [0.1, 0.15) is 41.0 Å². The lowest BCUT2D eigenvalue weighted by molar-refractivity contribution is 0.0729. The minimum absolute atomic E-state index is 0.260. The molecule has 0 aliphatic rings. The number of rotatable bonds is 8. The number of benzene rings is 2. The molecular formula is C20H22O5. The lowest BCUT2D eigenvalue weighted by Crippen LogP contribution is -2.09. The highest BCUT2D eigenvalue weighted by molar-refractivity contribution is 5.91. The number of carbonyl (C=O) groups excluding carboxylic acids is 2. The maximum absolute atomic E-state index is 12.3. The molecule has 0 aromatic heterocycles. The van der Waals surface area contributed by atoms with Crippen molar-refractivity contribution < 1.29 is 23.8 Å². The third kappa shape index (κ3) is 5.35. The summed E-state index contributed by atoms with van der Waals surface area (Å²) in [7, 11) is 1.45. The Bertz CT molecular complexity index is 719. The summed E-state index contributed by atoms with van der Waals surface area (Å²) in [5, 5.41) is 0. The van der Waals surface area contributed by atoms with Gasteiger partial charge < -0.3 is 14.2 Å². The van der Waals surface area contributed by atoms with Crippen LogP contribution in [0.3, 0.4) is 0 Å². The normalized spacial score (nSPS) is 10.4. The van der Waals surface area contributed by atoms with Gasteiger partial charge in [-0.3, -0.25) is 4.79 Å². The van der Waals surface area contributed by atoms with Crippen molar-refractivity contribution >= 4 is 12.3 Å². The minimum atomic E-state index is -0.508. The Balaban J connectivity index is 2.02. The van der Waals surface area contributed by atoms with Crippen molar-refractivity contribution in [2.75, 3.05) is 13.7 Å². The summed E-state index contributed by atoms with van der Waals surface area (Å²) in [6.07, 6.45) is 1.67. The van der Waals surface area contributed by atoms with Gasteiger partial charge in [-0.25, -0.2) is 4.79 Å². The largest absolute Gasteiger partial charge is 0.494 e. The number of carbonyl (C=O) groups is 2. The summed E-state index contributed by atoms with van der Waals surface area (Å²) >= 11 is 0. The topological polar surface area (TPSA) is 61.8 Å². The van der Waals surface area contributed by atoms with E-state index in [1.54, 1.807) is 30.3 Å². The van der Waals surface area contributed by atoms with E-state index in [1.807, 2.05) is 0 Å². The molecule has 5 heteroatoms. The molecule has 0 N–H and O–H groups in total. The fraction of sp³-hybridized carbons (Fsp3) is 0.300. The van der Waals surface area contributed by atoms with Gasteiger partial charge in [0.2, 0.25) is 0 Å². The van der Waals surface area contributed by atoms with Gasteiger partial charge >= 0.3 is 5.97 Å². The Morgan fingerprint density at radius 1 is 1.08 bits per heavy atom. The monoisotopic (exact) mass is 342 g/mol. The fourth-order valence-electron chi connectivity index (χ4n) is 2.10. The van der Waals surface area contributed by atoms with Crippen LogP contribution in [0.5, 0.6) is 17.2 Å². The Kier molecular flexibility index (Phi) is 6.57. The van der Waals surface area contributed by atoms with Crippen LogP contribution in [-0.2, 0) is 0 Å². The average molecular weight is 342 g/mol. The summed E-state index contributed by atoms with van der Waals surface area (Å²) in [5.41, 5.74) is 0.845. The highest BCUT2D eigenvalue weighted by atomic mass is 16.6. The molecule has 2 aromatic rings. The molecule has 132 valence electrons. The van der Waals surface area contributed by atoms with Crippen molar-refractivity contribution in [3.63, 3.8) is 0 Å². The highest BCUT2D eigenvalue weighted by Crippen LogP contribution is 2.28. The van der Waals surface area contributed by atoms with Gasteiger partial charge in [-0.1, -0.05) is 13.8 Å². The zero-order chi connectivity index (χ0) is 18.2. The second-order valence-electron chi connectivity index (χ2n) is 5.97. The minimum Gasteiger partial charge on any atom is -0.494 e. The van der Waals surface area contributed by atoms with E-state index in [4.69, 9.17) is 14.2 Å². The third-order valence-corrected chi connectivity index (χ3v) is 3.58. The van der Waals surface area contributed by atoms with Crippen molar-refractivity contribution in [3.8, 4) is 17.2 Å². The van der Waals surface area contributed by atoms with E-state index in [-0.39, 0.29) is 5.75 Å². The first-order valence-corrected chi connectivity index (χ1v) is 8.11. The number of hydrogen-bond donors (Lipinski definition) is 0. The molecule has 2 rings (SSSR count). The standard InChI is InChI=1S/C20H22O5/c1-14(2)10-11-24-17-7-5-16(6-8-17)20(22)25-18-9-4-15(13-21)12-19(18)23-3/h4-9,12-14H,10-11H2,1-3H3. The van der Waals surface area contributed by atoms with Gasteiger partial charge in [-0.2, -0.15) is 0 Å². The van der Waals surface area contributed by atoms with Crippen LogP contribution >= 0.6 is 0 Å². The van der Waals surface area contributed by atoms with Gasteiger partial charge in [-0.15, -0.1) is 0 Å². The molecule has 0 saturated carbocycles. The van der Waals surface area contributed by atoms with Crippen LogP contribution in [0, 0.1) is 5.92 Å². The molecular weight excluding hydrogens is 320 g/mol. The number of esters is 1. The molecule has 0 saturated heterocycles. The summed E-state index contributed by atoms with van der Waals surface area (Å²) in [4.78, 5) is 23.1. The molecule has 5 nitrogen and oxygen atoms in total. The van der Waals surface area contributed by atoms with Crippen molar-refractivity contribution in [1.29, 1.82) is 0 Å². The van der Waals surface area contributed by atoms with Gasteiger partial charge in [-0.05, 0) is 54.8 Å². The average Bonchev–Trinajstić information content (AvgIpc) is 2.62. The van der Waals surface area contributed by atoms with E-state index >= 15 is 0 Å². The molecule has 0 aliphatic heterocycles. The van der Waals surface area contributed by atoms with Crippen LogP contribution in [0.25, 0.3) is 0 Å². The van der Waals surface area contributed by atoms with Crippen LogP contribution < -0.4 is 14.2 Å². The first-order chi connectivity index (χ1) is 12.0. The van der Waals surface area contributed by atoms with Gasteiger partial charge in [0.05, 0.1) is 19.3 Å². The Morgan fingerprint density at radius 2 is 1.80 bits per heavy atom. The van der Waals surface area contributed by atoms with Crippen LogP contribution in [-0.4, -0.2) is 26.0 Å². The summed E-state index contributed by atoms with van der Waals surface area (Å²) in [5.74, 6) is 1.37. The summed E-state index contributed by atoms with van der Waals surface area (Å²) in [6, 6.07) is 11.4. The Labute approximate surface area is 147 Å². The molecule has 0 amide bonds. The second kappa shape index (κ2) is 8.87. The molecule has 0 heterocycles. The van der Waals surface area contributed by atoms with E-state index in [0.717, 1.165) is 6.42 Å². The molecule has 0 aliphatic carbocycles. The zero-order valence-electron chi connectivity index (χ0n) is 14.7. The first-order valence-electron chi connectivity index (χ1n) is 8.11. The van der Waals surface area contributed by atoms with Gasteiger partial charge in [0.1, 0.15) is 12.0 Å². The van der Waals surface area contributed by atoms with Gasteiger partial charge in [0.25, 0.3) is 0 Å². The molecule has 0 radical (unpaired) electrons. The molecule has 0 bridgehead atoms. The smallest absolute Gasteiger partial charge is 0.343 e.